The lowest BCUT2D eigenvalue weighted by Crippen LogP contribution is -2.12. The summed E-state index contributed by atoms with van der Waals surface area (Å²) in [4.78, 5) is 45.2. The van der Waals surface area contributed by atoms with Gasteiger partial charge >= 0.3 is 0 Å². The van der Waals surface area contributed by atoms with E-state index in [4.69, 9.17) is 9.47 Å². The van der Waals surface area contributed by atoms with Crippen LogP contribution in [0.25, 0.3) is 0 Å². The van der Waals surface area contributed by atoms with Gasteiger partial charge in [0.15, 0.2) is 0 Å². The maximum absolute atomic E-state index is 12.2. The molecule has 2 aromatic carbocycles. The Bertz CT molecular complexity index is 1000. The summed E-state index contributed by atoms with van der Waals surface area (Å²) in [5, 5.41) is 27.2. The van der Waals surface area contributed by atoms with E-state index in [1.165, 1.54) is 50.6 Å². The van der Waals surface area contributed by atoms with Crippen LogP contribution in [0.1, 0.15) is 51.4 Å². The Kier molecular flexibility index (Phi) is 11.1. The van der Waals surface area contributed by atoms with Crippen molar-refractivity contribution in [3.05, 3.63) is 56.6 Å². The van der Waals surface area contributed by atoms with Crippen molar-refractivity contribution in [1.29, 1.82) is 0 Å². The summed E-state index contributed by atoms with van der Waals surface area (Å²) >= 11 is 0. The topological polar surface area (TPSA) is 163 Å². The van der Waals surface area contributed by atoms with Gasteiger partial charge in [-0.2, -0.15) is 0 Å². The molecule has 2 aromatic rings. The SMILES string of the molecule is COc1ccc([N+](=O)[O-])cc1NC(=O)CCCCCCCCC(=O)Nc1cc([N+](=O)[O-])ccc1OC. The molecule has 0 aliphatic carbocycles. The summed E-state index contributed by atoms with van der Waals surface area (Å²) in [6, 6.07) is 8.03. The van der Waals surface area contributed by atoms with Gasteiger partial charge in [-0.05, 0) is 25.0 Å². The molecule has 0 aliphatic heterocycles. The molecule has 0 heterocycles. The van der Waals surface area contributed by atoms with Crippen molar-refractivity contribution in [2.24, 2.45) is 0 Å². The smallest absolute Gasteiger partial charge is 0.271 e. The highest BCUT2D eigenvalue weighted by Crippen LogP contribution is 2.30. The van der Waals surface area contributed by atoms with Crippen LogP contribution in [0.15, 0.2) is 36.4 Å². The van der Waals surface area contributed by atoms with E-state index >= 15 is 0 Å². The number of anilines is 2. The number of hydrogen-bond donors (Lipinski definition) is 2. The number of nitrogens with zero attached hydrogens (tertiary/aromatic N) is 2. The van der Waals surface area contributed by atoms with Crippen molar-refractivity contribution >= 4 is 34.6 Å². The van der Waals surface area contributed by atoms with E-state index in [0.29, 0.717) is 24.3 Å². The first-order valence-electron chi connectivity index (χ1n) is 11.5. The van der Waals surface area contributed by atoms with E-state index < -0.39 is 9.85 Å². The number of benzene rings is 2. The number of hydrogen-bond acceptors (Lipinski definition) is 8. The fourth-order valence-corrected chi connectivity index (χ4v) is 3.52. The normalized spacial score (nSPS) is 10.4. The van der Waals surface area contributed by atoms with Crippen LogP contribution in [0.5, 0.6) is 11.5 Å². The van der Waals surface area contributed by atoms with Crippen LogP contribution in [0, 0.1) is 20.2 Å². The number of nitrogens with one attached hydrogen (secondary N) is 2. The lowest BCUT2D eigenvalue weighted by atomic mass is 10.1. The third kappa shape index (κ3) is 8.85. The van der Waals surface area contributed by atoms with Gasteiger partial charge in [0.25, 0.3) is 11.4 Å². The number of non-ortho nitro benzene ring substituents is 2. The van der Waals surface area contributed by atoms with Gasteiger partial charge in [0.2, 0.25) is 11.8 Å². The second-order valence-corrected chi connectivity index (χ2v) is 8.00. The number of carbonyl (C=O) groups excluding carboxylic acids is 2. The number of nitro groups is 2. The molecule has 2 rings (SSSR count). The van der Waals surface area contributed by atoms with Gasteiger partial charge in [-0.25, -0.2) is 0 Å². The maximum Gasteiger partial charge on any atom is 0.271 e. The molecule has 0 aliphatic rings. The predicted molar refractivity (Wildman–Crippen MR) is 133 cm³/mol. The molecule has 2 amide bonds. The minimum atomic E-state index is -0.538. The second kappa shape index (κ2) is 14.2. The molecule has 194 valence electrons. The molecule has 0 saturated carbocycles. The first kappa shape index (κ1) is 28.0. The monoisotopic (exact) mass is 502 g/mol. The van der Waals surface area contributed by atoms with E-state index in [0.717, 1.165) is 25.7 Å². The molecule has 0 unspecified atom stereocenters. The molecule has 0 aromatic heterocycles. The molecule has 12 nitrogen and oxygen atoms in total. The standard InChI is InChI=1S/C24H30N4O8/c1-35-21-13-11-17(27(31)32)15-19(21)25-23(29)9-7-5-3-4-6-8-10-24(30)26-20-16-18(28(33)34)12-14-22(20)36-2/h11-16H,3-10H2,1-2H3,(H,25,29)(H,26,30). The van der Waals surface area contributed by atoms with Crippen LogP contribution in [0.2, 0.25) is 0 Å². The average Bonchev–Trinajstić information content (AvgIpc) is 2.85. The quantitative estimate of drug-likeness (QED) is 0.190. The van der Waals surface area contributed by atoms with Gasteiger partial charge in [0, 0.05) is 37.1 Å². The summed E-state index contributed by atoms with van der Waals surface area (Å²) in [5.41, 5.74) is 0.253. The van der Waals surface area contributed by atoms with E-state index in [1.807, 2.05) is 0 Å². The Hall–Kier alpha value is -4.22. The van der Waals surface area contributed by atoms with Crippen molar-refractivity contribution < 1.29 is 28.9 Å². The van der Waals surface area contributed by atoms with E-state index in [1.54, 1.807) is 0 Å². The molecular weight excluding hydrogens is 472 g/mol. The Morgan fingerprint density at radius 1 is 0.694 bits per heavy atom. The number of methoxy groups -OCH3 is 2. The summed E-state index contributed by atoms with van der Waals surface area (Å²) in [6.07, 6.45) is 5.33. The van der Waals surface area contributed by atoms with Crippen molar-refractivity contribution in [2.75, 3.05) is 24.9 Å². The summed E-state index contributed by atoms with van der Waals surface area (Å²) in [7, 11) is 2.84. The number of unbranched alkanes of at least 4 members (excludes halogenated alkanes) is 5. The minimum Gasteiger partial charge on any atom is -0.495 e. The largest absolute Gasteiger partial charge is 0.495 e. The number of amides is 2. The first-order chi connectivity index (χ1) is 17.2. The zero-order valence-electron chi connectivity index (χ0n) is 20.3. The highest BCUT2D eigenvalue weighted by molar-refractivity contribution is 5.93. The van der Waals surface area contributed by atoms with Gasteiger partial charge in [-0.3, -0.25) is 29.8 Å². The Morgan fingerprint density at radius 2 is 1.06 bits per heavy atom. The zero-order valence-corrected chi connectivity index (χ0v) is 20.3. The van der Waals surface area contributed by atoms with E-state index in [2.05, 4.69) is 10.6 Å². The van der Waals surface area contributed by atoms with Gasteiger partial charge in [-0.1, -0.05) is 25.7 Å². The Morgan fingerprint density at radius 3 is 1.39 bits per heavy atom. The lowest BCUT2D eigenvalue weighted by Gasteiger charge is -2.10. The fraction of sp³-hybridized carbons (Fsp3) is 0.417. The Labute approximate surface area is 208 Å². The van der Waals surface area contributed by atoms with Crippen LogP contribution in [-0.2, 0) is 9.59 Å². The molecule has 0 saturated heterocycles. The van der Waals surface area contributed by atoms with Crippen LogP contribution >= 0.6 is 0 Å². The van der Waals surface area contributed by atoms with Crippen LogP contribution < -0.4 is 20.1 Å². The van der Waals surface area contributed by atoms with Gasteiger partial charge in [0.05, 0.1) is 35.4 Å². The van der Waals surface area contributed by atoms with Gasteiger partial charge in [-0.15, -0.1) is 0 Å². The van der Waals surface area contributed by atoms with Gasteiger partial charge < -0.3 is 20.1 Å². The summed E-state index contributed by atoms with van der Waals surface area (Å²) in [5.74, 6) is 0.202. The highest BCUT2D eigenvalue weighted by atomic mass is 16.6. The minimum absolute atomic E-state index is 0.135. The molecule has 0 spiro atoms. The summed E-state index contributed by atoms with van der Waals surface area (Å²) in [6.45, 7) is 0. The van der Waals surface area contributed by atoms with Crippen LogP contribution in [0.3, 0.4) is 0 Å². The molecular formula is C24H30N4O8. The molecule has 36 heavy (non-hydrogen) atoms. The van der Waals surface area contributed by atoms with Crippen LogP contribution in [0.4, 0.5) is 22.7 Å². The number of ether oxygens (including phenoxy) is 2. The Balaban J connectivity index is 1.64. The van der Waals surface area contributed by atoms with E-state index in [9.17, 15) is 29.8 Å². The third-order valence-electron chi connectivity index (χ3n) is 5.39. The zero-order chi connectivity index (χ0) is 26.5. The predicted octanol–water partition coefficient (Wildman–Crippen LogP) is 5.22. The molecule has 0 atom stereocenters. The van der Waals surface area contributed by atoms with Crippen molar-refractivity contribution in [1.82, 2.24) is 0 Å². The summed E-state index contributed by atoms with van der Waals surface area (Å²) < 4.78 is 10.3. The van der Waals surface area contributed by atoms with Crippen molar-refractivity contribution in [2.45, 2.75) is 51.4 Å². The van der Waals surface area contributed by atoms with Gasteiger partial charge in [0.1, 0.15) is 11.5 Å². The number of carbonyl (C=O) groups is 2. The lowest BCUT2D eigenvalue weighted by molar-refractivity contribution is -0.385. The number of nitro benzene ring substituents is 2. The highest BCUT2D eigenvalue weighted by Gasteiger charge is 2.15. The number of rotatable bonds is 15. The molecule has 0 bridgehead atoms. The third-order valence-corrected chi connectivity index (χ3v) is 5.39. The average molecular weight is 503 g/mol. The van der Waals surface area contributed by atoms with Crippen molar-refractivity contribution in [3.8, 4) is 11.5 Å². The molecule has 12 heteroatoms. The first-order valence-corrected chi connectivity index (χ1v) is 11.5. The van der Waals surface area contributed by atoms with E-state index in [-0.39, 0.29) is 47.4 Å². The maximum atomic E-state index is 12.2. The fourth-order valence-electron chi connectivity index (χ4n) is 3.52. The second-order valence-electron chi connectivity index (χ2n) is 8.00. The molecule has 0 fully saturated rings. The molecule has 2 N–H and O–H groups in total. The van der Waals surface area contributed by atoms with Crippen molar-refractivity contribution in [3.63, 3.8) is 0 Å². The molecule has 0 radical (unpaired) electrons. The van der Waals surface area contributed by atoms with Crippen LogP contribution in [-0.4, -0.2) is 35.9 Å².